The van der Waals surface area contributed by atoms with Crippen molar-refractivity contribution in [1.82, 2.24) is 19.1 Å². The molecule has 0 radical (unpaired) electrons. The molecule has 0 saturated carbocycles. The van der Waals surface area contributed by atoms with E-state index < -0.39 is 0 Å². The molecule has 0 unspecified atom stereocenters. The van der Waals surface area contributed by atoms with Gasteiger partial charge in [0.15, 0.2) is 5.82 Å². The van der Waals surface area contributed by atoms with E-state index in [9.17, 15) is 0 Å². The third-order valence-corrected chi connectivity index (χ3v) is 11.7. The summed E-state index contributed by atoms with van der Waals surface area (Å²) in [4.78, 5) is 20.0. The quantitative estimate of drug-likeness (QED) is 0.0761. The summed E-state index contributed by atoms with van der Waals surface area (Å²) in [7, 11) is 0. The molecule has 4 aromatic heterocycles. The van der Waals surface area contributed by atoms with Crippen LogP contribution in [0.2, 0.25) is 0 Å². The van der Waals surface area contributed by atoms with Crippen LogP contribution in [0.3, 0.4) is 0 Å². The number of hydrogen-bond donors (Lipinski definition) is 0. The standard InChI is InChI=1S/C59H48N6O/c1-8-23-40(11-4)47(61-38-39-26-17-14-18-27-39)36-53(60-7)64-49(24-9-2)43(12-5)55-51(64)34-32-45-46-33-35-52-56(58(46)66-57(45)55)44(13-6)50(25-10-3)65(52)54-37-48(41-28-19-15-20-29-41)62-59(63-54)42-30-21-16-22-31-42/h8-37H,1,4-7,38H2,2-3H3/b24-9-,25-10-,40-23+,53-36+,61-47?. The predicted octanol–water partition coefficient (Wildman–Crippen LogP) is 15.4. The average Bonchev–Trinajstić information content (AvgIpc) is 4.01. The van der Waals surface area contributed by atoms with Gasteiger partial charge < -0.3 is 4.42 Å². The fourth-order valence-corrected chi connectivity index (χ4v) is 8.77. The highest BCUT2D eigenvalue weighted by Crippen LogP contribution is 2.45. The highest BCUT2D eigenvalue weighted by molar-refractivity contribution is 6.23. The smallest absolute Gasteiger partial charge is 0.162 e. The van der Waals surface area contributed by atoms with Crippen molar-refractivity contribution in [3.05, 3.63) is 218 Å². The summed E-state index contributed by atoms with van der Waals surface area (Å²) in [5.74, 6) is 1.92. The van der Waals surface area contributed by atoms with E-state index in [1.165, 1.54) is 0 Å². The minimum atomic E-state index is 0.462. The number of nitrogens with zero attached hydrogens (tertiary/aromatic N) is 6. The van der Waals surface area contributed by atoms with Crippen molar-refractivity contribution in [2.75, 3.05) is 0 Å². The zero-order chi connectivity index (χ0) is 45.7. The number of fused-ring (bicyclic) bond motifs is 7. The van der Waals surface area contributed by atoms with Crippen LogP contribution in [0.1, 0.15) is 41.9 Å². The van der Waals surface area contributed by atoms with Crippen LogP contribution in [0, 0.1) is 0 Å². The monoisotopic (exact) mass is 856 g/mol. The van der Waals surface area contributed by atoms with Crippen molar-refractivity contribution >= 4 is 86.3 Å². The fourth-order valence-electron chi connectivity index (χ4n) is 8.77. The van der Waals surface area contributed by atoms with Crippen LogP contribution in [-0.4, -0.2) is 31.5 Å². The van der Waals surface area contributed by atoms with Crippen molar-refractivity contribution in [2.45, 2.75) is 20.4 Å². The number of hydrogen-bond acceptors (Lipinski definition) is 5. The topological polar surface area (TPSA) is 73.5 Å². The molecule has 0 amide bonds. The Morgan fingerprint density at radius 3 is 1.88 bits per heavy atom. The van der Waals surface area contributed by atoms with Crippen LogP contribution in [-0.2, 0) is 6.54 Å². The van der Waals surface area contributed by atoms with Crippen LogP contribution in [0.5, 0.6) is 0 Å². The summed E-state index contributed by atoms with van der Waals surface area (Å²) in [6.45, 7) is 25.3. The van der Waals surface area contributed by atoms with Gasteiger partial charge in [0.2, 0.25) is 0 Å². The molecule has 0 aliphatic heterocycles. The van der Waals surface area contributed by atoms with Crippen LogP contribution < -0.4 is 0 Å². The fraction of sp³-hybridized carbons (Fsp3) is 0.0508. The van der Waals surface area contributed by atoms with Gasteiger partial charge in [-0.3, -0.25) is 14.1 Å². The minimum absolute atomic E-state index is 0.462. The Bertz CT molecular complexity index is 3480. The largest absolute Gasteiger partial charge is 0.455 e. The number of rotatable bonds is 15. The van der Waals surface area contributed by atoms with Crippen LogP contribution in [0.4, 0.5) is 0 Å². The molecule has 9 aromatic rings. The normalized spacial score (nSPS) is 12.6. The Morgan fingerprint density at radius 2 is 1.27 bits per heavy atom. The van der Waals surface area contributed by atoms with Crippen molar-refractivity contribution in [3.63, 3.8) is 0 Å². The molecule has 9 rings (SSSR count). The van der Waals surface area contributed by atoms with E-state index in [2.05, 4.69) is 114 Å². The predicted molar refractivity (Wildman–Crippen MR) is 282 cm³/mol. The zero-order valence-electron chi connectivity index (χ0n) is 37.2. The van der Waals surface area contributed by atoms with Crippen LogP contribution >= 0.6 is 0 Å². The molecular weight excluding hydrogens is 809 g/mol. The molecule has 5 aromatic carbocycles. The highest BCUT2D eigenvalue weighted by Gasteiger charge is 2.26. The van der Waals surface area contributed by atoms with E-state index in [-0.39, 0.29) is 0 Å². The van der Waals surface area contributed by atoms with Gasteiger partial charge in [0.1, 0.15) is 22.8 Å². The van der Waals surface area contributed by atoms with E-state index in [0.717, 1.165) is 100 Å². The van der Waals surface area contributed by atoms with Gasteiger partial charge in [0.25, 0.3) is 0 Å². The van der Waals surface area contributed by atoms with Crippen molar-refractivity contribution in [1.29, 1.82) is 0 Å². The second-order valence-electron chi connectivity index (χ2n) is 15.5. The number of furan rings is 1. The molecule has 0 spiro atoms. The first-order valence-corrected chi connectivity index (χ1v) is 21.8. The number of allylic oxidation sites excluding steroid dienone is 7. The zero-order valence-corrected chi connectivity index (χ0v) is 37.2. The number of aliphatic imine (C=N–C) groups is 2. The number of aromatic nitrogens is 4. The van der Waals surface area contributed by atoms with Crippen molar-refractivity contribution < 1.29 is 4.42 Å². The van der Waals surface area contributed by atoms with Gasteiger partial charge in [0.05, 0.1) is 51.1 Å². The minimum Gasteiger partial charge on any atom is -0.455 e. The summed E-state index contributed by atoms with van der Waals surface area (Å²) in [6, 6.07) is 41.0. The molecule has 7 heteroatoms. The first kappa shape index (κ1) is 42.6. The molecule has 0 bridgehead atoms. The van der Waals surface area contributed by atoms with Crippen LogP contribution in [0.25, 0.3) is 102 Å². The van der Waals surface area contributed by atoms with Gasteiger partial charge in [-0.2, -0.15) is 0 Å². The number of benzene rings is 5. The Balaban J connectivity index is 1.32. The second-order valence-corrected chi connectivity index (χ2v) is 15.5. The molecule has 0 N–H and O–H groups in total. The van der Waals surface area contributed by atoms with Gasteiger partial charge in [-0.05, 0) is 68.1 Å². The second kappa shape index (κ2) is 18.6. The molecule has 4 heterocycles. The van der Waals surface area contributed by atoms with Gasteiger partial charge in [-0.25, -0.2) is 15.0 Å². The Kier molecular flexibility index (Phi) is 12.0. The maximum Gasteiger partial charge on any atom is 0.162 e. The summed E-state index contributed by atoms with van der Waals surface area (Å²) in [5, 5.41) is 3.75. The summed E-state index contributed by atoms with van der Waals surface area (Å²) in [5.41, 5.74) is 12.2. The molecular formula is C59H48N6O. The van der Waals surface area contributed by atoms with E-state index in [1.807, 2.05) is 117 Å². The maximum absolute atomic E-state index is 7.22. The van der Waals surface area contributed by atoms with Crippen LogP contribution in [0.15, 0.2) is 204 Å². The highest BCUT2D eigenvalue weighted by atomic mass is 16.3. The molecule has 66 heavy (non-hydrogen) atoms. The molecule has 0 fully saturated rings. The summed E-state index contributed by atoms with van der Waals surface area (Å²) >= 11 is 0. The molecule has 0 aliphatic rings. The SMILES string of the molecule is C=C/C=C(\C=C)C(/C=C(\N=C)n1c(/C=C\C)c(C=C)c2c3oc4c(ccc5c4c(C=C)c(/C=C\C)n5-c4cc(-c5ccccc5)nc(-c5ccccc5)n4)c3ccc21)=NCc1ccccc1. The first-order valence-electron chi connectivity index (χ1n) is 21.8. The van der Waals surface area contributed by atoms with Gasteiger partial charge in [-0.15, -0.1) is 0 Å². The third kappa shape index (κ3) is 7.52. The maximum atomic E-state index is 7.22. The Morgan fingerprint density at radius 1 is 0.682 bits per heavy atom. The molecule has 320 valence electrons. The molecule has 0 saturated heterocycles. The van der Waals surface area contributed by atoms with Gasteiger partial charge >= 0.3 is 0 Å². The lowest BCUT2D eigenvalue weighted by Gasteiger charge is -2.13. The van der Waals surface area contributed by atoms with E-state index in [1.54, 1.807) is 12.2 Å². The first-order chi connectivity index (χ1) is 32.5. The van der Waals surface area contributed by atoms with Gasteiger partial charge in [0, 0.05) is 45.2 Å². The lowest BCUT2D eigenvalue weighted by molar-refractivity contribution is 0.676. The molecule has 0 atom stereocenters. The average molecular weight is 857 g/mol. The van der Waals surface area contributed by atoms with E-state index in [4.69, 9.17) is 19.4 Å². The lowest BCUT2D eigenvalue weighted by Crippen LogP contribution is -2.04. The molecule has 0 aliphatic carbocycles. The molecule has 7 nitrogen and oxygen atoms in total. The summed E-state index contributed by atoms with van der Waals surface area (Å²) in [6.07, 6.45) is 19.4. The van der Waals surface area contributed by atoms with Crippen molar-refractivity contribution in [2.24, 2.45) is 9.98 Å². The van der Waals surface area contributed by atoms with Crippen molar-refractivity contribution in [3.8, 4) is 28.5 Å². The Hall–Kier alpha value is -8.68. The summed E-state index contributed by atoms with van der Waals surface area (Å²) < 4.78 is 11.5. The Labute approximate surface area is 384 Å². The van der Waals surface area contributed by atoms with E-state index in [0.29, 0.717) is 23.9 Å². The van der Waals surface area contributed by atoms with E-state index >= 15 is 0 Å². The van der Waals surface area contributed by atoms with Gasteiger partial charge in [-0.1, -0.05) is 160 Å². The third-order valence-electron chi connectivity index (χ3n) is 11.7. The lowest BCUT2D eigenvalue weighted by atomic mass is 10.0.